The second-order valence-corrected chi connectivity index (χ2v) is 5.38. The predicted octanol–water partition coefficient (Wildman–Crippen LogP) is 0.684. The van der Waals surface area contributed by atoms with Crippen LogP contribution in [0.1, 0.15) is 20.3 Å². The van der Waals surface area contributed by atoms with Gasteiger partial charge in [-0.1, -0.05) is 6.58 Å². The molecule has 2 N–H and O–H groups in total. The third-order valence-corrected chi connectivity index (χ3v) is 3.18. The second-order valence-electron chi connectivity index (χ2n) is 3.32. The lowest BCUT2D eigenvalue weighted by Crippen LogP contribution is -2.32. The largest absolute Gasteiger partial charge is 0.478 e. The van der Waals surface area contributed by atoms with Crippen LogP contribution < -0.4 is 0 Å². The van der Waals surface area contributed by atoms with Gasteiger partial charge < -0.3 is 5.11 Å². The molecule has 0 rings (SSSR count). The van der Waals surface area contributed by atoms with Crippen LogP contribution in [0.25, 0.3) is 0 Å². The normalized spacial score (nSPS) is 12.5. The molecule has 0 aliphatic rings. The van der Waals surface area contributed by atoms with E-state index >= 15 is 0 Å². The van der Waals surface area contributed by atoms with E-state index in [0.717, 1.165) is 0 Å². The molecule has 0 aromatic carbocycles. The van der Waals surface area contributed by atoms with Crippen molar-refractivity contribution in [1.82, 2.24) is 0 Å². The Morgan fingerprint density at radius 2 is 1.85 bits per heavy atom. The van der Waals surface area contributed by atoms with Gasteiger partial charge in [0.05, 0.1) is 4.75 Å². The quantitative estimate of drug-likeness (QED) is 0.523. The first kappa shape index (κ1) is 12.1. The van der Waals surface area contributed by atoms with Gasteiger partial charge in [0.1, 0.15) is 0 Å². The zero-order chi connectivity index (χ0) is 10.9. The van der Waals surface area contributed by atoms with E-state index < -0.39 is 20.8 Å². The van der Waals surface area contributed by atoms with E-state index in [-0.39, 0.29) is 12.0 Å². The monoisotopic (exact) mass is 208 g/mol. The number of carboxylic acids is 1. The number of rotatable bonds is 4. The molecule has 76 valence electrons. The average Bonchev–Trinajstić information content (AvgIpc) is 1.83. The Bertz CT molecular complexity index is 325. The van der Waals surface area contributed by atoms with Crippen molar-refractivity contribution in [3.05, 3.63) is 12.2 Å². The van der Waals surface area contributed by atoms with Crippen LogP contribution in [0.15, 0.2) is 12.2 Å². The van der Waals surface area contributed by atoms with Crippen molar-refractivity contribution in [2.24, 2.45) is 0 Å². The van der Waals surface area contributed by atoms with Crippen molar-refractivity contribution in [3.63, 3.8) is 0 Å². The molecule has 0 amide bonds. The topological polar surface area (TPSA) is 91.7 Å². The molecule has 0 radical (unpaired) electrons. The molecule has 0 heterocycles. The van der Waals surface area contributed by atoms with E-state index in [9.17, 15) is 13.2 Å². The standard InChI is InChI=1S/C7H12O5S/c1-5(6(8)9)4-7(2,3)13(10,11)12/h1,4H2,2-3H3,(H,8,9)(H,10,11,12). The Morgan fingerprint density at radius 3 is 2.08 bits per heavy atom. The lowest BCUT2D eigenvalue weighted by atomic mass is 10.0. The highest BCUT2D eigenvalue weighted by Crippen LogP contribution is 2.23. The molecule has 5 nitrogen and oxygen atoms in total. The summed E-state index contributed by atoms with van der Waals surface area (Å²) in [5.41, 5.74) is -0.248. The van der Waals surface area contributed by atoms with Crippen LogP contribution in [0.3, 0.4) is 0 Å². The van der Waals surface area contributed by atoms with E-state index in [4.69, 9.17) is 9.66 Å². The van der Waals surface area contributed by atoms with Gasteiger partial charge in [-0.25, -0.2) is 4.79 Å². The molecule has 0 unspecified atom stereocenters. The summed E-state index contributed by atoms with van der Waals surface area (Å²) in [5, 5.41) is 8.44. The van der Waals surface area contributed by atoms with E-state index in [1.54, 1.807) is 0 Å². The number of carboxylic acid groups (broad SMARTS) is 1. The molecule has 0 aromatic rings. The highest BCUT2D eigenvalue weighted by Gasteiger charge is 2.34. The van der Waals surface area contributed by atoms with E-state index in [1.807, 2.05) is 0 Å². The summed E-state index contributed by atoms with van der Waals surface area (Å²) >= 11 is 0. The number of carbonyl (C=O) groups is 1. The van der Waals surface area contributed by atoms with Crippen molar-refractivity contribution in [2.45, 2.75) is 25.0 Å². The van der Waals surface area contributed by atoms with Gasteiger partial charge in [-0.3, -0.25) is 4.55 Å². The Hall–Kier alpha value is -0.880. The summed E-state index contributed by atoms with van der Waals surface area (Å²) < 4.78 is 28.7. The lowest BCUT2D eigenvalue weighted by molar-refractivity contribution is -0.132. The third kappa shape index (κ3) is 3.16. The summed E-state index contributed by atoms with van der Waals surface area (Å²) in [6, 6.07) is 0. The third-order valence-electron chi connectivity index (χ3n) is 1.64. The van der Waals surface area contributed by atoms with Gasteiger partial charge >= 0.3 is 5.97 Å². The van der Waals surface area contributed by atoms with Gasteiger partial charge in [0.15, 0.2) is 0 Å². The van der Waals surface area contributed by atoms with Gasteiger partial charge in [-0.2, -0.15) is 8.42 Å². The van der Waals surface area contributed by atoms with Crippen molar-refractivity contribution in [1.29, 1.82) is 0 Å². The second kappa shape index (κ2) is 3.47. The molecule has 0 saturated heterocycles. The zero-order valence-corrected chi connectivity index (χ0v) is 8.26. The molecule has 0 aliphatic heterocycles. The van der Waals surface area contributed by atoms with Crippen LogP contribution in [0.5, 0.6) is 0 Å². The van der Waals surface area contributed by atoms with Crippen LogP contribution >= 0.6 is 0 Å². The summed E-state index contributed by atoms with van der Waals surface area (Å²) in [6.07, 6.45) is -0.304. The first-order valence-corrected chi connectivity index (χ1v) is 4.90. The molecule has 0 aromatic heterocycles. The van der Waals surface area contributed by atoms with Crippen LogP contribution in [0.2, 0.25) is 0 Å². The molecule has 0 fully saturated rings. The number of aliphatic carboxylic acids is 1. The Morgan fingerprint density at radius 1 is 1.46 bits per heavy atom. The number of hydrogen-bond acceptors (Lipinski definition) is 3. The SMILES string of the molecule is C=C(CC(C)(C)S(=O)(=O)O)C(=O)O. The fraction of sp³-hybridized carbons (Fsp3) is 0.571. The molecule has 0 bridgehead atoms. The molecule has 0 saturated carbocycles. The molecule has 0 spiro atoms. The van der Waals surface area contributed by atoms with Crippen LogP contribution in [0, 0.1) is 0 Å². The van der Waals surface area contributed by atoms with Gasteiger partial charge in [0.25, 0.3) is 10.1 Å². The lowest BCUT2D eigenvalue weighted by Gasteiger charge is -2.20. The summed E-state index contributed by atoms with van der Waals surface area (Å²) in [5.74, 6) is -1.27. The molecular formula is C7H12O5S. The van der Waals surface area contributed by atoms with E-state index in [0.29, 0.717) is 0 Å². The van der Waals surface area contributed by atoms with E-state index in [1.165, 1.54) is 13.8 Å². The highest BCUT2D eigenvalue weighted by atomic mass is 32.2. The zero-order valence-electron chi connectivity index (χ0n) is 7.44. The summed E-state index contributed by atoms with van der Waals surface area (Å²) in [7, 11) is -4.26. The minimum absolute atomic E-state index is 0.248. The Kier molecular flexibility index (Phi) is 3.23. The molecule has 6 heteroatoms. The number of hydrogen-bond donors (Lipinski definition) is 2. The molecule has 0 atom stereocenters. The van der Waals surface area contributed by atoms with Gasteiger partial charge in [0, 0.05) is 12.0 Å². The maximum Gasteiger partial charge on any atom is 0.331 e. The Balaban J connectivity index is 4.73. The summed E-state index contributed by atoms with van der Waals surface area (Å²) in [6.45, 7) is 5.64. The fourth-order valence-corrected chi connectivity index (χ4v) is 1.04. The van der Waals surface area contributed by atoms with Gasteiger partial charge in [-0.15, -0.1) is 0 Å². The maximum atomic E-state index is 10.7. The average molecular weight is 208 g/mol. The molecular weight excluding hydrogens is 196 g/mol. The molecule has 13 heavy (non-hydrogen) atoms. The van der Waals surface area contributed by atoms with Crippen molar-refractivity contribution in [2.75, 3.05) is 0 Å². The minimum atomic E-state index is -4.26. The fourth-order valence-electron chi connectivity index (χ4n) is 0.681. The first-order chi connectivity index (χ1) is 5.58. The maximum absolute atomic E-state index is 10.7. The smallest absolute Gasteiger partial charge is 0.331 e. The van der Waals surface area contributed by atoms with Crippen LogP contribution in [-0.4, -0.2) is 28.8 Å². The van der Waals surface area contributed by atoms with Gasteiger partial charge in [0.2, 0.25) is 0 Å². The van der Waals surface area contributed by atoms with E-state index in [2.05, 4.69) is 6.58 Å². The summed E-state index contributed by atoms with van der Waals surface area (Å²) in [4.78, 5) is 10.3. The van der Waals surface area contributed by atoms with Gasteiger partial charge in [-0.05, 0) is 13.8 Å². The van der Waals surface area contributed by atoms with Crippen molar-refractivity contribution >= 4 is 16.1 Å². The Labute approximate surface area is 76.8 Å². The molecule has 0 aliphatic carbocycles. The minimum Gasteiger partial charge on any atom is -0.478 e. The predicted molar refractivity (Wildman–Crippen MR) is 47.0 cm³/mol. The highest BCUT2D eigenvalue weighted by molar-refractivity contribution is 7.87. The van der Waals surface area contributed by atoms with Crippen molar-refractivity contribution in [3.8, 4) is 0 Å². The van der Waals surface area contributed by atoms with Crippen LogP contribution in [0.4, 0.5) is 0 Å². The van der Waals surface area contributed by atoms with Crippen molar-refractivity contribution < 1.29 is 22.9 Å². The van der Waals surface area contributed by atoms with Crippen LogP contribution in [-0.2, 0) is 14.9 Å². The first-order valence-electron chi connectivity index (χ1n) is 3.46.